The molecule has 0 fully saturated rings. The van der Waals surface area contributed by atoms with E-state index in [4.69, 9.17) is 4.99 Å². The number of nitrogens with zero attached hydrogens (tertiary/aromatic N) is 4. The van der Waals surface area contributed by atoms with Crippen LogP contribution in [0.1, 0.15) is 18.1 Å². The summed E-state index contributed by atoms with van der Waals surface area (Å²) in [4.78, 5) is 21.6. The van der Waals surface area contributed by atoms with Crippen LogP contribution < -0.4 is 5.56 Å². The lowest BCUT2D eigenvalue weighted by Crippen LogP contribution is -2.10. The second kappa shape index (κ2) is 6.40. The molecule has 1 N–H and O–H groups in total. The molecular formula is C20H17N5O. The molecule has 4 rings (SSSR count). The van der Waals surface area contributed by atoms with Gasteiger partial charge in [0.15, 0.2) is 0 Å². The predicted octanol–water partition coefficient (Wildman–Crippen LogP) is 3.51. The van der Waals surface area contributed by atoms with Gasteiger partial charge in [-0.15, -0.1) is 0 Å². The topological polar surface area (TPSA) is 75.9 Å². The Morgan fingerprint density at radius 1 is 1.08 bits per heavy atom. The lowest BCUT2D eigenvalue weighted by Gasteiger charge is -2.06. The summed E-state index contributed by atoms with van der Waals surface area (Å²) >= 11 is 0. The van der Waals surface area contributed by atoms with Crippen LogP contribution in [0.3, 0.4) is 0 Å². The van der Waals surface area contributed by atoms with E-state index in [1.54, 1.807) is 17.2 Å². The molecule has 1 aromatic heterocycles. The molecule has 0 amide bonds. The van der Waals surface area contributed by atoms with Crippen molar-refractivity contribution in [3.05, 3.63) is 82.4 Å². The SMILES string of the molecule is CC(=Nc1cc(-n2nccn2)ccc1C)c1c2cccccc-2[nH]c1=O. The quantitative estimate of drug-likeness (QED) is 0.578. The third-order valence-corrected chi connectivity index (χ3v) is 4.28. The summed E-state index contributed by atoms with van der Waals surface area (Å²) in [5.41, 5.74) is 5.41. The standard InChI is InChI=1S/C20H17N5O/c1-13-8-9-15(25-21-10-11-22-25)12-18(13)23-14(2)19-16-6-4-3-5-7-17(16)24-20(19)26/h3-12H,1-2H3,(H,24,26). The van der Waals surface area contributed by atoms with Crippen molar-refractivity contribution in [3.63, 3.8) is 0 Å². The van der Waals surface area contributed by atoms with E-state index < -0.39 is 0 Å². The van der Waals surface area contributed by atoms with Gasteiger partial charge in [-0.05, 0) is 37.6 Å². The predicted molar refractivity (Wildman–Crippen MR) is 102 cm³/mol. The summed E-state index contributed by atoms with van der Waals surface area (Å²) < 4.78 is 0. The first-order valence-corrected chi connectivity index (χ1v) is 8.27. The number of benzene rings is 1. The Kier molecular flexibility index (Phi) is 3.93. The number of rotatable bonds is 3. The molecule has 0 atom stereocenters. The van der Waals surface area contributed by atoms with Crippen molar-refractivity contribution in [2.45, 2.75) is 13.8 Å². The number of nitrogens with one attached hydrogen (secondary N) is 1. The average Bonchev–Trinajstić information content (AvgIpc) is 3.20. The minimum absolute atomic E-state index is 0.130. The maximum atomic E-state index is 12.5. The van der Waals surface area contributed by atoms with Gasteiger partial charge in [-0.25, -0.2) is 0 Å². The zero-order valence-electron chi connectivity index (χ0n) is 14.5. The number of hydrogen-bond acceptors (Lipinski definition) is 4. The Morgan fingerprint density at radius 3 is 2.65 bits per heavy atom. The summed E-state index contributed by atoms with van der Waals surface area (Å²) in [5.74, 6) is 0. The molecule has 1 aromatic carbocycles. The Morgan fingerprint density at radius 2 is 1.85 bits per heavy atom. The maximum absolute atomic E-state index is 12.5. The number of aliphatic imine (C=N–C) groups is 1. The van der Waals surface area contributed by atoms with E-state index in [2.05, 4.69) is 15.2 Å². The summed E-state index contributed by atoms with van der Waals surface area (Å²) in [6.45, 7) is 3.84. The van der Waals surface area contributed by atoms with Crippen LogP contribution in [-0.2, 0) is 0 Å². The Labute approximate surface area is 150 Å². The van der Waals surface area contributed by atoms with Crippen molar-refractivity contribution in [2.75, 3.05) is 0 Å². The van der Waals surface area contributed by atoms with Gasteiger partial charge in [-0.2, -0.15) is 15.0 Å². The number of aromatic nitrogens is 4. The molecular weight excluding hydrogens is 326 g/mol. The molecule has 26 heavy (non-hydrogen) atoms. The largest absolute Gasteiger partial charge is 0.321 e. The Bertz CT molecular complexity index is 1130. The van der Waals surface area contributed by atoms with E-state index in [9.17, 15) is 4.79 Å². The van der Waals surface area contributed by atoms with Gasteiger partial charge in [-0.3, -0.25) is 9.79 Å². The first kappa shape index (κ1) is 16.0. The van der Waals surface area contributed by atoms with E-state index in [-0.39, 0.29) is 5.56 Å². The summed E-state index contributed by atoms with van der Waals surface area (Å²) in [7, 11) is 0. The van der Waals surface area contributed by atoms with Gasteiger partial charge in [0.05, 0.1) is 35.0 Å². The Balaban J connectivity index is 1.82. The van der Waals surface area contributed by atoms with Crippen molar-refractivity contribution in [3.8, 4) is 16.9 Å². The van der Waals surface area contributed by atoms with E-state index in [1.165, 1.54) is 0 Å². The van der Waals surface area contributed by atoms with Crippen LogP contribution in [0, 0.1) is 6.92 Å². The third-order valence-electron chi connectivity index (χ3n) is 4.28. The molecule has 1 aliphatic carbocycles. The second-order valence-electron chi connectivity index (χ2n) is 6.05. The van der Waals surface area contributed by atoms with Crippen LogP contribution in [0.5, 0.6) is 0 Å². The summed E-state index contributed by atoms with van der Waals surface area (Å²) in [6, 6.07) is 15.4. The fourth-order valence-electron chi connectivity index (χ4n) is 2.97. The van der Waals surface area contributed by atoms with Gasteiger partial charge < -0.3 is 4.98 Å². The van der Waals surface area contributed by atoms with Crippen molar-refractivity contribution in [1.82, 2.24) is 20.0 Å². The lowest BCUT2D eigenvalue weighted by molar-refractivity contribution is 0.752. The number of aryl methyl sites for hydroxylation is 1. The molecule has 0 radical (unpaired) electrons. The molecule has 2 aliphatic rings. The lowest BCUT2D eigenvalue weighted by atomic mass is 10.1. The van der Waals surface area contributed by atoms with E-state index in [0.29, 0.717) is 11.3 Å². The van der Waals surface area contributed by atoms with Crippen molar-refractivity contribution >= 4 is 11.4 Å². The van der Waals surface area contributed by atoms with E-state index >= 15 is 0 Å². The molecule has 0 bridgehead atoms. The van der Waals surface area contributed by atoms with Crippen molar-refractivity contribution in [1.29, 1.82) is 0 Å². The number of H-pyrrole nitrogens is 1. The van der Waals surface area contributed by atoms with Crippen LogP contribution >= 0.6 is 0 Å². The molecule has 6 nitrogen and oxygen atoms in total. The highest BCUT2D eigenvalue weighted by atomic mass is 16.1. The van der Waals surface area contributed by atoms with E-state index in [1.807, 2.05) is 62.4 Å². The smallest absolute Gasteiger partial charge is 0.258 e. The first-order valence-electron chi connectivity index (χ1n) is 8.27. The Hall–Kier alpha value is -3.54. The molecule has 1 aliphatic heterocycles. The fraction of sp³-hybridized carbons (Fsp3) is 0.100. The van der Waals surface area contributed by atoms with Crippen LogP contribution in [0.15, 0.2) is 70.7 Å². The highest BCUT2D eigenvalue weighted by molar-refractivity contribution is 6.05. The number of hydrogen-bond donors (Lipinski definition) is 1. The van der Waals surface area contributed by atoms with Crippen molar-refractivity contribution in [2.24, 2.45) is 4.99 Å². The molecule has 0 spiro atoms. The maximum Gasteiger partial charge on any atom is 0.258 e. The molecule has 6 heteroatoms. The minimum Gasteiger partial charge on any atom is -0.321 e. The van der Waals surface area contributed by atoms with Gasteiger partial charge in [0.1, 0.15) is 0 Å². The highest BCUT2D eigenvalue weighted by Crippen LogP contribution is 2.25. The normalized spacial score (nSPS) is 11.8. The van der Waals surface area contributed by atoms with Gasteiger partial charge in [0.25, 0.3) is 5.56 Å². The van der Waals surface area contributed by atoms with Crippen LogP contribution in [0.25, 0.3) is 16.9 Å². The molecule has 2 aromatic rings. The van der Waals surface area contributed by atoms with Crippen molar-refractivity contribution < 1.29 is 0 Å². The number of fused-ring (bicyclic) bond motifs is 1. The minimum atomic E-state index is -0.130. The van der Waals surface area contributed by atoms with Crippen LogP contribution in [0.2, 0.25) is 0 Å². The fourth-order valence-corrected chi connectivity index (χ4v) is 2.97. The average molecular weight is 343 g/mol. The molecule has 2 heterocycles. The molecule has 0 saturated heterocycles. The van der Waals surface area contributed by atoms with Gasteiger partial charge >= 0.3 is 0 Å². The number of aromatic amines is 1. The molecule has 0 saturated carbocycles. The summed E-state index contributed by atoms with van der Waals surface area (Å²) in [6.07, 6.45) is 3.26. The van der Waals surface area contributed by atoms with E-state index in [0.717, 1.165) is 28.2 Å². The monoisotopic (exact) mass is 343 g/mol. The van der Waals surface area contributed by atoms with Crippen LogP contribution in [-0.4, -0.2) is 25.7 Å². The molecule has 128 valence electrons. The van der Waals surface area contributed by atoms with Gasteiger partial charge in [0, 0.05) is 11.3 Å². The zero-order chi connectivity index (χ0) is 18.1. The second-order valence-corrected chi connectivity index (χ2v) is 6.05. The van der Waals surface area contributed by atoms with Gasteiger partial charge in [-0.1, -0.05) is 30.3 Å². The zero-order valence-corrected chi connectivity index (χ0v) is 14.5. The highest BCUT2D eigenvalue weighted by Gasteiger charge is 2.16. The third kappa shape index (κ3) is 2.82. The molecule has 0 unspecified atom stereocenters. The first-order chi connectivity index (χ1) is 12.6. The van der Waals surface area contributed by atoms with Crippen LogP contribution in [0.4, 0.5) is 5.69 Å². The summed E-state index contributed by atoms with van der Waals surface area (Å²) in [5, 5.41) is 8.30. The van der Waals surface area contributed by atoms with Gasteiger partial charge in [0.2, 0.25) is 0 Å².